The molecule has 5 N–H and O–H groups in total. The van der Waals surface area contributed by atoms with Crippen molar-refractivity contribution < 1.29 is 28.6 Å². The molecule has 20 heteroatoms. The summed E-state index contributed by atoms with van der Waals surface area (Å²) in [6.07, 6.45) is 14.8. The van der Waals surface area contributed by atoms with Gasteiger partial charge in [-0.05, 0) is 99.5 Å². The van der Waals surface area contributed by atoms with Gasteiger partial charge in [0.2, 0.25) is 17.7 Å². The highest BCUT2D eigenvalue weighted by atomic mass is 35.5. The Balaban J connectivity index is 0.753. The van der Waals surface area contributed by atoms with E-state index >= 15 is 0 Å². The van der Waals surface area contributed by atoms with Gasteiger partial charge in [0.1, 0.15) is 24.0 Å². The minimum Gasteiger partial charge on any atom is -0.482 e. The van der Waals surface area contributed by atoms with E-state index in [2.05, 4.69) is 35.6 Å². The van der Waals surface area contributed by atoms with Gasteiger partial charge in [-0.2, -0.15) is 5.10 Å². The second kappa shape index (κ2) is 24.2. The summed E-state index contributed by atoms with van der Waals surface area (Å²) in [6, 6.07) is 10.9. The SMILES string of the molecule is Cc1ncsc1-c1ccc(CNC(=O)[C@@H]2C[C@@H](O)CN2C(=O)[C@@H](NC(=O)CCCCn2cc(CCCC3CCCC(n4cc(-c5cnc(N)c(O[C@H](C)c6c(Cl)ccc(F)c6Cl)c5)cn4)C3)nn2)C(C)(C)C)cc1. The number of carbonyl (C=O) groups excluding carboxylic acids is 3. The normalized spacial score (nSPS) is 18.8. The first kappa shape index (κ1) is 54.3. The number of β-amino-alcohol motifs (C(OH)–C–C–N with tert-alkyl or cyclic N) is 1. The van der Waals surface area contributed by atoms with Crippen molar-refractivity contribution in [3.63, 3.8) is 0 Å². The molecule has 8 rings (SSSR count). The molecule has 3 amide bonds. The molecule has 0 radical (unpaired) electrons. The summed E-state index contributed by atoms with van der Waals surface area (Å²) in [5.74, 6) is -0.501. The van der Waals surface area contributed by atoms with Crippen LogP contribution >= 0.6 is 34.5 Å². The molecular weight excluding hydrogens is 1000 g/mol. The van der Waals surface area contributed by atoms with E-state index in [9.17, 15) is 23.9 Å². The molecular formula is C54H66Cl2FN11O5S. The van der Waals surface area contributed by atoms with Crippen LogP contribution in [-0.4, -0.2) is 87.2 Å². The number of ether oxygens (including phenoxy) is 1. The molecule has 2 unspecified atom stereocenters. The Morgan fingerprint density at radius 3 is 2.55 bits per heavy atom. The average molecular weight is 1070 g/mol. The van der Waals surface area contributed by atoms with Gasteiger partial charge in [-0.15, -0.1) is 16.4 Å². The fourth-order valence-corrected chi connectivity index (χ4v) is 11.5. The first-order chi connectivity index (χ1) is 35.4. The molecule has 2 aliphatic rings. The summed E-state index contributed by atoms with van der Waals surface area (Å²) in [5.41, 5.74) is 13.2. The molecule has 4 aromatic heterocycles. The zero-order valence-electron chi connectivity index (χ0n) is 42.6. The Hall–Kier alpha value is -5.95. The number of nitrogens with zero attached hydrogens (tertiary/aromatic N) is 8. The molecule has 5 heterocycles. The van der Waals surface area contributed by atoms with Crippen LogP contribution in [0.1, 0.15) is 127 Å². The average Bonchev–Trinajstić information content (AvgIpc) is 4.22. The van der Waals surface area contributed by atoms with Crippen LogP contribution in [0, 0.1) is 24.1 Å². The molecule has 74 heavy (non-hydrogen) atoms. The standard InChI is InChI=1S/C54H66Cl2FN11O5S/c1-32-49(74-31-61-32)36-17-15-35(16-18-36)25-60-52(71)44-24-41(69)30-67(44)53(72)50(54(3,4)5)63-46(70)14-6-7-21-66-29-39(64-65-66)12-8-10-34-11-9-13-40(22-34)68-28-38(27-62-68)37-23-45(51(58)59-26-37)73-33(2)47-42(55)19-20-43(57)48(47)56/h15-20,23,26-29,31,33-34,40-41,44,50,69H,6-14,21-22,24-25,30H2,1-5H3,(H2,58,59)(H,60,71)(H,63,70)/t33-,34?,40?,41-,44+,50-/m1/s1. The summed E-state index contributed by atoms with van der Waals surface area (Å²) >= 11 is 14.2. The molecule has 6 aromatic rings. The van der Waals surface area contributed by atoms with Crippen molar-refractivity contribution >= 4 is 58.1 Å². The monoisotopic (exact) mass is 1070 g/mol. The van der Waals surface area contributed by atoms with Gasteiger partial charge in [-0.1, -0.05) is 86.3 Å². The van der Waals surface area contributed by atoms with E-state index in [0.717, 1.165) is 77.0 Å². The maximum Gasteiger partial charge on any atom is 0.246 e. The second-order valence-electron chi connectivity index (χ2n) is 20.8. The number of pyridine rings is 1. The topological polar surface area (TPSA) is 208 Å². The minimum atomic E-state index is -0.893. The number of nitrogen functional groups attached to an aromatic ring is 1. The number of halogens is 3. The molecule has 16 nitrogen and oxygen atoms in total. The number of hydrogen-bond donors (Lipinski definition) is 4. The predicted octanol–water partition coefficient (Wildman–Crippen LogP) is 9.87. The Morgan fingerprint density at radius 1 is 1.00 bits per heavy atom. The highest BCUT2D eigenvalue weighted by Gasteiger charge is 2.44. The minimum absolute atomic E-state index is 0.0115. The lowest BCUT2D eigenvalue weighted by Crippen LogP contribution is -2.57. The Labute approximate surface area is 445 Å². The van der Waals surface area contributed by atoms with E-state index in [-0.39, 0.29) is 65.6 Å². The third-order valence-corrected chi connectivity index (χ3v) is 15.8. The van der Waals surface area contributed by atoms with Crippen molar-refractivity contribution in [1.82, 2.24) is 50.3 Å². The summed E-state index contributed by atoms with van der Waals surface area (Å²) in [4.78, 5) is 52.2. The number of aromatic nitrogens is 7. The zero-order chi connectivity index (χ0) is 52.7. The van der Waals surface area contributed by atoms with Gasteiger partial charge in [0, 0.05) is 72.8 Å². The zero-order valence-corrected chi connectivity index (χ0v) is 44.9. The Morgan fingerprint density at radius 2 is 1.80 bits per heavy atom. The highest BCUT2D eigenvalue weighted by Crippen LogP contribution is 2.39. The fraction of sp³-hybridized carbons (Fsp3) is 0.481. The molecule has 394 valence electrons. The number of thiazole rings is 1. The maximum atomic E-state index is 14.2. The number of anilines is 1. The van der Waals surface area contributed by atoms with E-state index in [0.29, 0.717) is 36.6 Å². The van der Waals surface area contributed by atoms with E-state index in [1.807, 2.05) is 80.7 Å². The predicted molar refractivity (Wildman–Crippen MR) is 285 cm³/mol. The number of nitrogens with two attached hydrogens (primary N) is 1. The lowest BCUT2D eigenvalue weighted by atomic mass is 9.82. The summed E-state index contributed by atoms with van der Waals surface area (Å²) in [6.45, 7) is 10.2. The van der Waals surface area contributed by atoms with Crippen molar-refractivity contribution in [3.8, 4) is 27.3 Å². The molecule has 1 aliphatic heterocycles. The Kier molecular flexibility index (Phi) is 17.7. The van der Waals surface area contributed by atoms with Gasteiger partial charge >= 0.3 is 0 Å². The van der Waals surface area contributed by atoms with Crippen LogP contribution in [0.5, 0.6) is 5.75 Å². The van der Waals surface area contributed by atoms with Gasteiger partial charge in [-0.25, -0.2) is 14.4 Å². The number of carbonyl (C=O) groups is 3. The molecule has 1 aliphatic carbocycles. The van der Waals surface area contributed by atoms with E-state index in [1.54, 1.807) is 30.5 Å². The lowest BCUT2D eigenvalue weighted by molar-refractivity contribution is -0.144. The molecule has 2 fully saturated rings. The number of unbranched alkanes of at least 4 members (excludes halogenated alkanes) is 1. The third-order valence-electron chi connectivity index (χ3n) is 14.1. The van der Waals surface area contributed by atoms with Crippen molar-refractivity contribution in [2.45, 2.75) is 149 Å². The van der Waals surface area contributed by atoms with Gasteiger partial charge < -0.3 is 31.1 Å². The highest BCUT2D eigenvalue weighted by molar-refractivity contribution is 7.13. The molecule has 6 atom stereocenters. The number of likely N-dealkylation sites (tertiary alicyclic amines) is 1. The number of aryl methyl sites for hydroxylation is 3. The van der Waals surface area contributed by atoms with Crippen LogP contribution in [-0.2, 0) is 33.9 Å². The quantitative estimate of drug-likeness (QED) is 0.0418. The Bertz CT molecular complexity index is 2900. The van der Waals surface area contributed by atoms with Crippen molar-refractivity contribution in [3.05, 3.63) is 111 Å². The number of benzene rings is 2. The number of hydrogen-bond acceptors (Lipinski definition) is 12. The third kappa shape index (κ3) is 13.5. The number of nitrogens with one attached hydrogen (secondary N) is 2. The van der Waals surface area contributed by atoms with E-state index in [4.69, 9.17) is 38.8 Å². The first-order valence-corrected chi connectivity index (χ1v) is 27.1. The van der Waals surface area contributed by atoms with Crippen LogP contribution in [0.2, 0.25) is 10.0 Å². The van der Waals surface area contributed by atoms with E-state index in [1.165, 1.54) is 23.5 Å². The largest absolute Gasteiger partial charge is 0.482 e. The van der Waals surface area contributed by atoms with E-state index < -0.39 is 35.5 Å². The van der Waals surface area contributed by atoms with Crippen LogP contribution in [0.25, 0.3) is 21.6 Å². The summed E-state index contributed by atoms with van der Waals surface area (Å²) < 4.78 is 24.2. The molecule has 1 saturated heterocycles. The number of rotatable bonds is 20. The van der Waals surface area contributed by atoms with Crippen LogP contribution in [0.3, 0.4) is 0 Å². The van der Waals surface area contributed by atoms with Gasteiger partial charge in [-0.3, -0.25) is 23.7 Å². The molecule has 1 saturated carbocycles. The fourth-order valence-electron chi connectivity index (χ4n) is 10.0. The smallest absolute Gasteiger partial charge is 0.246 e. The number of amides is 3. The second-order valence-corrected chi connectivity index (χ2v) is 22.4. The van der Waals surface area contributed by atoms with Crippen molar-refractivity contribution in [2.75, 3.05) is 12.3 Å². The molecule has 2 aromatic carbocycles. The summed E-state index contributed by atoms with van der Waals surface area (Å²) in [7, 11) is 0. The summed E-state index contributed by atoms with van der Waals surface area (Å²) in [5, 5.41) is 30.3. The number of aliphatic hydroxyl groups is 1. The van der Waals surface area contributed by atoms with Crippen molar-refractivity contribution in [1.29, 1.82) is 0 Å². The van der Waals surface area contributed by atoms with Gasteiger partial charge in [0.05, 0.1) is 45.1 Å². The van der Waals surface area contributed by atoms with Crippen LogP contribution in [0.4, 0.5) is 10.2 Å². The van der Waals surface area contributed by atoms with Crippen molar-refractivity contribution in [2.24, 2.45) is 11.3 Å². The van der Waals surface area contributed by atoms with Gasteiger partial charge in [0.25, 0.3) is 0 Å². The lowest BCUT2D eigenvalue weighted by Gasteiger charge is -2.35. The van der Waals surface area contributed by atoms with Crippen LogP contribution in [0.15, 0.2) is 72.8 Å². The molecule has 0 bridgehead atoms. The molecule has 0 spiro atoms. The van der Waals surface area contributed by atoms with Gasteiger partial charge in [0.15, 0.2) is 11.6 Å². The first-order valence-electron chi connectivity index (χ1n) is 25.5. The maximum absolute atomic E-state index is 14.2. The number of aliphatic hydroxyl groups excluding tert-OH is 1. The van der Waals surface area contributed by atoms with Crippen LogP contribution < -0.4 is 21.1 Å².